The highest BCUT2D eigenvalue weighted by atomic mass is 32.2. The van der Waals surface area contributed by atoms with Crippen molar-refractivity contribution in [2.24, 2.45) is 0 Å². The average molecular weight is 191 g/mol. The maximum atomic E-state index is 8.96. The number of hydrogen-bond acceptors (Lipinski definition) is 3. The van der Waals surface area contributed by atoms with E-state index < -0.39 is 0 Å². The predicted molar refractivity (Wildman–Crippen MR) is 56.8 cm³/mol. The quantitative estimate of drug-likeness (QED) is 0.570. The summed E-state index contributed by atoms with van der Waals surface area (Å²) >= 11 is 1.89. The van der Waals surface area contributed by atoms with Crippen molar-refractivity contribution in [2.75, 3.05) is 25.1 Å². The van der Waals surface area contributed by atoms with Gasteiger partial charge in [-0.25, -0.2) is 0 Å². The zero-order chi connectivity index (χ0) is 9.23. The van der Waals surface area contributed by atoms with Gasteiger partial charge in [-0.05, 0) is 51.3 Å². The summed E-state index contributed by atoms with van der Waals surface area (Å²) in [5.41, 5.74) is 0. The number of aliphatic hydroxyl groups excluding tert-OH is 1. The van der Waals surface area contributed by atoms with E-state index in [1.54, 1.807) is 0 Å². The van der Waals surface area contributed by atoms with E-state index in [1.165, 1.54) is 12.2 Å². The van der Waals surface area contributed by atoms with Gasteiger partial charge in [-0.1, -0.05) is 0 Å². The third kappa shape index (κ3) is 10.3. The lowest BCUT2D eigenvalue weighted by Crippen LogP contribution is -2.18. The summed E-state index contributed by atoms with van der Waals surface area (Å²) in [4.78, 5) is 0. The molecule has 3 heteroatoms. The largest absolute Gasteiger partial charge is 0.393 e. The van der Waals surface area contributed by atoms with Gasteiger partial charge in [0.15, 0.2) is 0 Å². The minimum Gasteiger partial charge on any atom is -0.393 e. The molecule has 0 heterocycles. The first-order valence-electron chi connectivity index (χ1n) is 4.65. The number of nitrogens with one attached hydrogen (secondary N) is 1. The van der Waals surface area contributed by atoms with Crippen LogP contribution in [0.1, 0.15) is 26.2 Å². The minimum atomic E-state index is -0.141. The van der Waals surface area contributed by atoms with Crippen molar-refractivity contribution in [1.82, 2.24) is 5.32 Å². The van der Waals surface area contributed by atoms with Gasteiger partial charge >= 0.3 is 0 Å². The second kappa shape index (κ2) is 9.36. The van der Waals surface area contributed by atoms with Crippen LogP contribution in [-0.4, -0.2) is 36.3 Å². The van der Waals surface area contributed by atoms with Crippen LogP contribution in [0.3, 0.4) is 0 Å². The fourth-order valence-electron chi connectivity index (χ4n) is 0.989. The van der Waals surface area contributed by atoms with E-state index in [4.69, 9.17) is 5.11 Å². The summed E-state index contributed by atoms with van der Waals surface area (Å²) in [6.07, 6.45) is 5.23. The first kappa shape index (κ1) is 12.3. The Morgan fingerprint density at radius 2 is 2.00 bits per heavy atom. The average Bonchev–Trinajstić information content (AvgIpc) is 2.02. The minimum absolute atomic E-state index is 0.141. The Morgan fingerprint density at radius 1 is 1.33 bits per heavy atom. The fourth-order valence-corrected chi connectivity index (χ4v) is 1.42. The van der Waals surface area contributed by atoms with Crippen LogP contribution in [0.15, 0.2) is 0 Å². The molecule has 0 aromatic carbocycles. The molecule has 0 fully saturated rings. The summed E-state index contributed by atoms with van der Waals surface area (Å²) < 4.78 is 0. The molecule has 12 heavy (non-hydrogen) atoms. The fraction of sp³-hybridized carbons (Fsp3) is 1.00. The second-order valence-corrected chi connectivity index (χ2v) is 4.07. The van der Waals surface area contributed by atoms with E-state index in [1.807, 2.05) is 18.7 Å². The van der Waals surface area contributed by atoms with Crippen LogP contribution in [0.5, 0.6) is 0 Å². The summed E-state index contributed by atoms with van der Waals surface area (Å²) in [6.45, 7) is 3.99. The second-order valence-electron chi connectivity index (χ2n) is 3.09. The van der Waals surface area contributed by atoms with E-state index >= 15 is 0 Å². The highest BCUT2D eigenvalue weighted by Gasteiger charge is 1.94. The Hall–Kier alpha value is 0.270. The van der Waals surface area contributed by atoms with Crippen molar-refractivity contribution < 1.29 is 5.11 Å². The van der Waals surface area contributed by atoms with E-state index in [-0.39, 0.29) is 6.10 Å². The van der Waals surface area contributed by atoms with Gasteiger partial charge in [0.25, 0.3) is 0 Å². The molecule has 1 unspecified atom stereocenters. The van der Waals surface area contributed by atoms with Crippen molar-refractivity contribution in [3.05, 3.63) is 0 Å². The van der Waals surface area contributed by atoms with Gasteiger partial charge in [0.05, 0.1) is 6.10 Å². The SMILES string of the molecule is CSCCCNCCCC(C)O. The van der Waals surface area contributed by atoms with Crippen molar-refractivity contribution >= 4 is 11.8 Å². The molecular formula is C9H21NOS. The molecule has 1 atom stereocenters. The number of hydrogen-bond donors (Lipinski definition) is 2. The van der Waals surface area contributed by atoms with Crippen LogP contribution in [0.25, 0.3) is 0 Å². The van der Waals surface area contributed by atoms with Crippen molar-refractivity contribution in [3.63, 3.8) is 0 Å². The molecule has 0 spiro atoms. The Labute approximate surface area is 80.1 Å². The molecule has 0 bridgehead atoms. The van der Waals surface area contributed by atoms with Crippen LogP contribution in [-0.2, 0) is 0 Å². The molecule has 0 amide bonds. The first-order chi connectivity index (χ1) is 5.77. The van der Waals surface area contributed by atoms with E-state index in [2.05, 4.69) is 11.6 Å². The Balaban J connectivity index is 2.82. The molecule has 0 radical (unpaired) electrons. The predicted octanol–water partition coefficient (Wildman–Crippen LogP) is 1.49. The molecule has 74 valence electrons. The molecule has 0 aromatic rings. The first-order valence-corrected chi connectivity index (χ1v) is 6.04. The van der Waals surface area contributed by atoms with Crippen LogP contribution >= 0.6 is 11.8 Å². The van der Waals surface area contributed by atoms with Gasteiger partial charge in [-0.3, -0.25) is 0 Å². The molecule has 0 saturated heterocycles. The highest BCUT2D eigenvalue weighted by Crippen LogP contribution is 1.95. The van der Waals surface area contributed by atoms with E-state index in [9.17, 15) is 0 Å². The summed E-state index contributed by atoms with van der Waals surface area (Å²) in [6, 6.07) is 0. The topological polar surface area (TPSA) is 32.3 Å². The molecule has 0 aliphatic heterocycles. The van der Waals surface area contributed by atoms with Gasteiger partial charge in [0.1, 0.15) is 0 Å². The van der Waals surface area contributed by atoms with Gasteiger partial charge in [0, 0.05) is 0 Å². The Morgan fingerprint density at radius 3 is 2.58 bits per heavy atom. The third-order valence-electron chi connectivity index (χ3n) is 1.68. The smallest absolute Gasteiger partial charge is 0.0512 e. The van der Waals surface area contributed by atoms with Crippen LogP contribution in [0.4, 0.5) is 0 Å². The van der Waals surface area contributed by atoms with E-state index in [0.29, 0.717) is 0 Å². The Kier molecular flexibility index (Phi) is 9.57. The lowest BCUT2D eigenvalue weighted by molar-refractivity contribution is 0.181. The lowest BCUT2D eigenvalue weighted by Gasteiger charge is -2.05. The standard InChI is InChI=1S/C9H21NOS/c1-9(11)5-3-6-10-7-4-8-12-2/h9-11H,3-8H2,1-2H3. The zero-order valence-electron chi connectivity index (χ0n) is 8.18. The maximum absolute atomic E-state index is 8.96. The van der Waals surface area contributed by atoms with Crippen LogP contribution in [0, 0.1) is 0 Å². The normalized spacial score (nSPS) is 13.2. The van der Waals surface area contributed by atoms with Gasteiger partial charge in [0.2, 0.25) is 0 Å². The molecule has 0 rings (SSSR count). The van der Waals surface area contributed by atoms with E-state index in [0.717, 1.165) is 25.9 Å². The van der Waals surface area contributed by atoms with Crippen molar-refractivity contribution in [2.45, 2.75) is 32.3 Å². The van der Waals surface area contributed by atoms with Crippen LogP contribution in [0.2, 0.25) is 0 Å². The number of aliphatic hydroxyl groups is 1. The molecule has 0 aromatic heterocycles. The molecule has 0 aliphatic carbocycles. The van der Waals surface area contributed by atoms with Crippen LogP contribution < -0.4 is 5.32 Å². The van der Waals surface area contributed by atoms with Crippen molar-refractivity contribution in [3.8, 4) is 0 Å². The zero-order valence-corrected chi connectivity index (χ0v) is 8.99. The van der Waals surface area contributed by atoms with Gasteiger partial charge < -0.3 is 10.4 Å². The highest BCUT2D eigenvalue weighted by molar-refractivity contribution is 7.98. The lowest BCUT2D eigenvalue weighted by atomic mass is 10.2. The molecule has 0 saturated carbocycles. The van der Waals surface area contributed by atoms with Gasteiger partial charge in [-0.15, -0.1) is 0 Å². The molecule has 2 nitrogen and oxygen atoms in total. The summed E-state index contributed by atoms with van der Waals surface area (Å²) in [7, 11) is 0. The third-order valence-corrected chi connectivity index (χ3v) is 2.37. The maximum Gasteiger partial charge on any atom is 0.0512 e. The van der Waals surface area contributed by atoms with Gasteiger partial charge in [-0.2, -0.15) is 11.8 Å². The molecule has 0 aliphatic rings. The van der Waals surface area contributed by atoms with Crippen molar-refractivity contribution in [1.29, 1.82) is 0 Å². The monoisotopic (exact) mass is 191 g/mol. The summed E-state index contributed by atoms with van der Waals surface area (Å²) in [5, 5.41) is 12.3. The molecule has 2 N–H and O–H groups in total. The number of rotatable bonds is 8. The number of thioether (sulfide) groups is 1. The Bertz CT molecular complexity index is 88.6. The summed E-state index contributed by atoms with van der Waals surface area (Å²) in [5.74, 6) is 1.24. The molecular weight excluding hydrogens is 170 g/mol.